The van der Waals surface area contributed by atoms with Gasteiger partial charge in [-0.05, 0) is 42.8 Å². The number of rotatable bonds is 8. The van der Waals surface area contributed by atoms with Gasteiger partial charge in [-0.25, -0.2) is 9.69 Å². The Morgan fingerprint density at radius 1 is 0.926 bits per heavy atom. The van der Waals surface area contributed by atoms with Gasteiger partial charge in [-0.15, -0.1) is 0 Å². The molecule has 0 spiro atoms. The number of fused-ring (bicyclic) bond motifs is 1. The molecule has 6 heteroatoms. The summed E-state index contributed by atoms with van der Waals surface area (Å²) in [4.78, 5) is 37.7. The molecule has 0 fully saturated rings. The van der Waals surface area contributed by atoms with Crippen molar-refractivity contribution in [2.45, 2.75) is 26.2 Å². The van der Waals surface area contributed by atoms with Crippen LogP contribution in [0.1, 0.15) is 46.9 Å². The van der Waals surface area contributed by atoms with Crippen LogP contribution in [0.3, 0.4) is 0 Å². The Hall–Kier alpha value is -3.15. The third kappa shape index (κ3) is 4.16. The highest BCUT2D eigenvalue weighted by atomic mass is 16.6. The number of imide groups is 1. The molecular weight excluding hydrogens is 346 g/mol. The highest BCUT2D eigenvalue weighted by Crippen LogP contribution is 2.29. The summed E-state index contributed by atoms with van der Waals surface area (Å²) in [6.45, 7) is 2.30. The predicted octanol–water partition coefficient (Wildman–Crippen LogP) is 3.60. The van der Waals surface area contributed by atoms with Gasteiger partial charge in [0.2, 0.25) is 0 Å². The monoisotopic (exact) mass is 367 g/mol. The van der Waals surface area contributed by atoms with E-state index in [1.54, 1.807) is 48.5 Å². The molecule has 0 aromatic heterocycles. The van der Waals surface area contributed by atoms with Gasteiger partial charge in [-0.3, -0.25) is 9.59 Å². The average molecular weight is 367 g/mol. The zero-order valence-corrected chi connectivity index (χ0v) is 15.1. The van der Waals surface area contributed by atoms with Crippen molar-refractivity contribution in [3.05, 3.63) is 59.7 Å². The number of amides is 2. The van der Waals surface area contributed by atoms with E-state index >= 15 is 0 Å². The quantitative estimate of drug-likeness (QED) is 0.405. The van der Waals surface area contributed by atoms with E-state index in [1.165, 1.54) is 0 Å². The molecule has 2 aromatic rings. The van der Waals surface area contributed by atoms with Crippen molar-refractivity contribution in [2.24, 2.45) is 0 Å². The van der Waals surface area contributed by atoms with Gasteiger partial charge in [-0.2, -0.15) is 0 Å². The highest BCUT2D eigenvalue weighted by molar-refractivity contribution is 6.34. The van der Waals surface area contributed by atoms with Crippen molar-refractivity contribution in [1.82, 2.24) is 0 Å². The van der Waals surface area contributed by atoms with Crippen LogP contribution in [0.25, 0.3) is 0 Å². The second kappa shape index (κ2) is 8.49. The molecule has 6 nitrogen and oxygen atoms in total. The van der Waals surface area contributed by atoms with E-state index in [4.69, 9.17) is 9.47 Å². The summed E-state index contributed by atoms with van der Waals surface area (Å²) < 4.78 is 10.5. The van der Waals surface area contributed by atoms with Gasteiger partial charge in [0.1, 0.15) is 5.75 Å². The first-order valence-corrected chi connectivity index (χ1v) is 8.98. The van der Waals surface area contributed by atoms with Gasteiger partial charge in [-0.1, -0.05) is 31.9 Å². The fourth-order valence-electron chi connectivity index (χ4n) is 2.84. The molecule has 1 aliphatic rings. The lowest BCUT2D eigenvalue weighted by Gasteiger charge is -2.14. The number of carbonyl (C=O) groups is 3. The Balaban J connectivity index is 1.58. The number of ether oxygens (including phenoxy) is 2. The molecule has 3 rings (SSSR count). The molecular formula is C21H21NO5. The van der Waals surface area contributed by atoms with Crippen molar-refractivity contribution in [3.8, 4) is 5.75 Å². The molecule has 0 unspecified atom stereocenters. The van der Waals surface area contributed by atoms with E-state index in [2.05, 4.69) is 6.92 Å². The maximum atomic E-state index is 12.5. The van der Waals surface area contributed by atoms with E-state index < -0.39 is 5.97 Å². The van der Waals surface area contributed by atoms with E-state index in [1.807, 2.05) is 0 Å². The Morgan fingerprint density at radius 3 is 2.15 bits per heavy atom. The van der Waals surface area contributed by atoms with Gasteiger partial charge in [0, 0.05) is 0 Å². The van der Waals surface area contributed by atoms with Crippen molar-refractivity contribution < 1.29 is 23.9 Å². The number of unbranched alkanes of at least 4 members (excludes halogenated alkanes) is 2. The molecule has 2 amide bonds. The van der Waals surface area contributed by atoms with E-state index in [-0.39, 0.29) is 18.4 Å². The molecule has 0 aliphatic carbocycles. The largest absolute Gasteiger partial charge is 0.482 e. The molecule has 0 saturated carbocycles. The van der Waals surface area contributed by atoms with Crippen LogP contribution in [0.2, 0.25) is 0 Å². The normalized spacial score (nSPS) is 12.9. The summed E-state index contributed by atoms with van der Waals surface area (Å²) >= 11 is 0. The van der Waals surface area contributed by atoms with E-state index in [9.17, 15) is 14.4 Å². The molecule has 1 aliphatic heterocycles. The summed E-state index contributed by atoms with van der Waals surface area (Å²) in [5, 5.41) is 0. The van der Waals surface area contributed by atoms with Gasteiger partial charge in [0.05, 0.1) is 23.4 Å². The smallest absolute Gasteiger partial charge is 0.344 e. The van der Waals surface area contributed by atoms with Crippen molar-refractivity contribution in [2.75, 3.05) is 18.1 Å². The third-order valence-electron chi connectivity index (χ3n) is 4.26. The number of carbonyl (C=O) groups excluding carboxylic acids is 3. The topological polar surface area (TPSA) is 72.9 Å². The van der Waals surface area contributed by atoms with Crippen LogP contribution in [0.5, 0.6) is 5.75 Å². The zero-order chi connectivity index (χ0) is 19.2. The Labute approximate surface area is 157 Å². The highest BCUT2D eigenvalue weighted by Gasteiger charge is 2.36. The van der Waals surface area contributed by atoms with Crippen LogP contribution < -0.4 is 9.64 Å². The standard InChI is InChI=1S/C21H21NO5/c1-2-3-6-13-26-19(23)14-27-16-11-9-15(10-12-16)22-20(24)17-7-4-5-8-18(17)21(22)25/h4-5,7-12H,2-3,6,13-14H2,1H3. The predicted molar refractivity (Wildman–Crippen MR) is 100 cm³/mol. The molecule has 2 aromatic carbocycles. The number of esters is 1. The molecule has 0 N–H and O–H groups in total. The molecule has 27 heavy (non-hydrogen) atoms. The van der Waals surface area contributed by atoms with Gasteiger partial charge < -0.3 is 9.47 Å². The molecule has 0 bridgehead atoms. The van der Waals surface area contributed by atoms with Crippen LogP contribution >= 0.6 is 0 Å². The average Bonchev–Trinajstić information content (AvgIpc) is 2.95. The van der Waals surface area contributed by atoms with E-state index in [0.717, 1.165) is 24.2 Å². The number of hydrogen-bond donors (Lipinski definition) is 0. The van der Waals surface area contributed by atoms with Gasteiger partial charge in [0.15, 0.2) is 6.61 Å². The van der Waals surface area contributed by atoms with Crippen molar-refractivity contribution >= 4 is 23.5 Å². The number of benzene rings is 2. The molecule has 0 radical (unpaired) electrons. The van der Waals surface area contributed by atoms with Crippen LogP contribution in [-0.4, -0.2) is 31.0 Å². The zero-order valence-electron chi connectivity index (χ0n) is 15.1. The minimum atomic E-state index is -0.421. The summed E-state index contributed by atoms with van der Waals surface area (Å²) in [7, 11) is 0. The third-order valence-corrected chi connectivity index (χ3v) is 4.26. The Morgan fingerprint density at radius 2 is 1.56 bits per heavy atom. The number of hydrogen-bond acceptors (Lipinski definition) is 5. The number of nitrogens with zero attached hydrogens (tertiary/aromatic N) is 1. The maximum Gasteiger partial charge on any atom is 0.344 e. The summed E-state index contributed by atoms with van der Waals surface area (Å²) in [5.41, 5.74) is 1.25. The molecule has 140 valence electrons. The Kier molecular flexibility index (Phi) is 5.86. The second-order valence-corrected chi connectivity index (χ2v) is 6.20. The summed E-state index contributed by atoms with van der Waals surface area (Å²) in [6.07, 6.45) is 2.93. The molecule has 1 heterocycles. The number of anilines is 1. The van der Waals surface area contributed by atoms with Crippen LogP contribution in [0, 0.1) is 0 Å². The summed E-state index contributed by atoms with van der Waals surface area (Å²) in [5.74, 6) is -0.656. The first kappa shape index (κ1) is 18.6. The minimum Gasteiger partial charge on any atom is -0.482 e. The lowest BCUT2D eigenvalue weighted by molar-refractivity contribution is -0.146. The van der Waals surface area contributed by atoms with E-state index in [0.29, 0.717) is 29.2 Å². The van der Waals surface area contributed by atoms with Crippen LogP contribution in [-0.2, 0) is 9.53 Å². The molecule has 0 atom stereocenters. The molecule has 0 saturated heterocycles. The van der Waals surface area contributed by atoms with Crippen molar-refractivity contribution in [3.63, 3.8) is 0 Å². The SMILES string of the molecule is CCCCCOC(=O)COc1ccc(N2C(=O)c3ccccc3C2=O)cc1. The fraction of sp³-hybridized carbons (Fsp3) is 0.286. The first-order chi connectivity index (χ1) is 13.1. The Bertz CT molecular complexity index is 809. The minimum absolute atomic E-state index is 0.182. The lowest BCUT2D eigenvalue weighted by Crippen LogP contribution is -2.29. The fourth-order valence-corrected chi connectivity index (χ4v) is 2.84. The summed E-state index contributed by atoms with van der Waals surface area (Å²) in [6, 6.07) is 13.2. The van der Waals surface area contributed by atoms with Gasteiger partial charge >= 0.3 is 5.97 Å². The van der Waals surface area contributed by atoms with Gasteiger partial charge in [0.25, 0.3) is 11.8 Å². The maximum absolute atomic E-state index is 12.5. The van der Waals surface area contributed by atoms with Crippen LogP contribution in [0.15, 0.2) is 48.5 Å². The first-order valence-electron chi connectivity index (χ1n) is 8.98. The van der Waals surface area contributed by atoms with Crippen molar-refractivity contribution in [1.29, 1.82) is 0 Å². The lowest BCUT2D eigenvalue weighted by atomic mass is 10.1. The second-order valence-electron chi connectivity index (χ2n) is 6.20. The van der Waals surface area contributed by atoms with Crippen LogP contribution in [0.4, 0.5) is 5.69 Å².